The van der Waals surface area contributed by atoms with Crippen molar-refractivity contribution >= 4 is 29.9 Å². The molecule has 2 aromatic rings. The predicted molar refractivity (Wildman–Crippen MR) is 118 cm³/mol. The maximum atomic E-state index is 5.57. The fourth-order valence-electron chi connectivity index (χ4n) is 2.44. The molecule has 0 amide bonds. The Kier molecular flexibility index (Phi) is 11.7. The number of ether oxygens (including phenoxy) is 1. The summed E-state index contributed by atoms with van der Waals surface area (Å²) in [5.41, 5.74) is 2.30. The maximum absolute atomic E-state index is 5.57. The van der Waals surface area contributed by atoms with Gasteiger partial charge in [0.25, 0.3) is 0 Å². The first-order valence-corrected chi connectivity index (χ1v) is 8.93. The smallest absolute Gasteiger partial charge is 0.191 e. The van der Waals surface area contributed by atoms with Gasteiger partial charge in [0.1, 0.15) is 0 Å². The van der Waals surface area contributed by atoms with E-state index in [1.54, 1.807) is 13.2 Å². The van der Waals surface area contributed by atoms with Crippen LogP contribution in [-0.4, -0.2) is 42.3 Å². The number of benzene rings is 1. The highest BCUT2D eigenvalue weighted by Gasteiger charge is 2.04. The zero-order chi connectivity index (χ0) is 17.7. The summed E-state index contributed by atoms with van der Waals surface area (Å²) in [6.45, 7) is 5.35. The van der Waals surface area contributed by atoms with Crippen LogP contribution in [0, 0.1) is 0 Å². The molecular weight excluding hydrogens is 441 g/mol. The number of nitrogens with one attached hydrogen (secondary N) is 2. The summed E-state index contributed by atoms with van der Waals surface area (Å²) in [5.74, 6) is 0.800. The molecule has 0 fully saturated rings. The van der Waals surface area contributed by atoms with Gasteiger partial charge in [-0.25, -0.2) is 4.98 Å². The molecule has 1 aromatic heterocycles. The van der Waals surface area contributed by atoms with Crippen molar-refractivity contribution in [3.8, 4) is 5.69 Å². The van der Waals surface area contributed by atoms with Crippen LogP contribution in [0.5, 0.6) is 0 Å². The summed E-state index contributed by atoms with van der Waals surface area (Å²) in [6.07, 6.45) is 8.82. The second kappa shape index (κ2) is 13.6. The van der Waals surface area contributed by atoms with Gasteiger partial charge in [-0.2, -0.15) is 0 Å². The van der Waals surface area contributed by atoms with Crippen molar-refractivity contribution in [2.24, 2.45) is 4.99 Å². The Bertz CT molecular complexity index is 631. The summed E-state index contributed by atoms with van der Waals surface area (Å²) in [7, 11) is 1.79. The number of guanidine groups is 1. The van der Waals surface area contributed by atoms with Gasteiger partial charge in [-0.15, -0.1) is 24.0 Å². The van der Waals surface area contributed by atoms with E-state index in [1.165, 1.54) is 12.0 Å². The predicted octanol–water partition coefficient (Wildman–Crippen LogP) is 3.36. The molecule has 7 heteroatoms. The van der Waals surface area contributed by atoms with Gasteiger partial charge in [0, 0.05) is 45.7 Å². The van der Waals surface area contributed by atoms with Crippen LogP contribution in [0.1, 0.15) is 31.7 Å². The molecule has 1 heterocycles. The number of rotatable bonds is 10. The molecule has 0 aliphatic rings. The van der Waals surface area contributed by atoms with E-state index in [1.807, 2.05) is 29.2 Å². The van der Waals surface area contributed by atoms with Crippen molar-refractivity contribution in [3.63, 3.8) is 0 Å². The van der Waals surface area contributed by atoms with Gasteiger partial charge in [0.05, 0.1) is 12.0 Å². The van der Waals surface area contributed by atoms with Crippen LogP contribution in [-0.2, 0) is 11.3 Å². The van der Waals surface area contributed by atoms with Gasteiger partial charge in [-0.05, 0) is 24.5 Å². The Morgan fingerprint density at radius 3 is 2.73 bits per heavy atom. The lowest BCUT2D eigenvalue weighted by atomic mass is 10.1. The van der Waals surface area contributed by atoms with E-state index < -0.39 is 0 Å². The third-order valence-corrected chi connectivity index (χ3v) is 3.84. The molecule has 6 nitrogen and oxygen atoms in total. The Labute approximate surface area is 173 Å². The van der Waals surface area contributed by atoms with Gasteiger partial charge in [0.15, 0.2) is 5.96 Å². The minimum absolute atomic E-state index is 0. The van der Waals surface area contributed by atoms with Gasteiger partial charge >= 0.3 is 0 Å². The first-order valence-electron chi connectivity index (χ1n) is 8.93. The lowest BCUT2D eigenvalue weighted by molar-refractivity contribution is 0.129. The molecular formula is C19H30IN5O. The molecule has 2 N–H and O–H groups in total. The van der Waals surface area contributed by atoms with E-state index in [0.717, 1.165) is 44.2 Å². The van der Waals surface area contributed by atoms with Gasteiger partial charge in [-0.3, -0.25) is 4.99 Å². The van der Waals surface area contributed by atoms with E-state index in [2.05, 4.69) is 39.7 Å². The Hall–Kier alpha value is -1.61. The first-order chi connectivity index (χ1) is 12.3. The van der Waals surface area contributed by atoms with E-state index in [4.69, 9.17) is 4.74 Å². The molecule has 1 aromatic carbocycles. The van der Waals surface area contributed by atoms with Crippen LogP contribution in [0.4, 0.5) is 0 Å². The zero-order valence-corrected chi connectivity index (χ0v) is 18.0. The lowest BCUT2D eigenvalue weighted by Crippen LogP contribution is -2.37. The van der Waals surface area contributed by atoms with Crippen LogP contribution >= 0.6 is 24.0 Å². The van der Waals surface area contributed by atoms with Crippen molar-refractivity contribution in [1.82, 2.24) is 20.2 Å². The van der Waals surface area contributed by atoms with Crippen LogP contribution in [0.3, 0.4) is 0 Å². The number of aliphatic imine (C=N–C) groups is 1. The summed E-state index contributed by atoms with van der Waals surface area (Å²) in [4.78, 5) is 8.40. The van der Waals surface area contributed by atoms with Gasteiger partial charge in [0.2, 0.25) is 0 Å². The van der Waals surface area contributed by atoms with Crippen LogP contribution in [0.2, 0.25) is 0 Å². The Morgan fingerprint density at radius 2 is 2.00 bits per heavy atom. The van der Waals surface area contributed by atoms with Crippen molar-refractivity contribution in [2.45, 2.75) is 32.7 Å². The molecule has 0 atom stereocenters. The highest BCUT2D eigenvalue weighted by Crippen LogP contribution is 2.13. The number of aromatic nitrogens is 2. The standard InChI is InChI=1S/C19H29N5O.HI/c1-3-4-13-25-14-7-10-22-19(20-2)23-15-17-8-5-6-9-18(17)24-12-11-21-16-24;/h5-6,8-9,11-12,16H,3-4,7,10,13-15H2,1-2H3,(H2,20,22,23);1H. The molecule has 0 spiro atoms. The summed E-state index contributed by atoms with van der Waals surface area (Å²) < 4.78 is 7.58. The number of hydrogen-bond acceptors (Lipinski definition) is 3. The summed E-state index contributed by atoms with van der Waals surface area (Å²) in [5, 5.41) is 6.69. The highest BCUT2D eigenvalue weighted by atomic mass is 127. The first kappa shape index (κ1) is 22.4. The molecule has 0 saturated heterocycles. The fourth-order valence-corrected chi connectivity index (χ4v) is 2.44. The third-order valence-electron chi connectivity index (χ3n) is 3.84. The lowest BCUT2D eigenvalue weighted by Gasteiger charge is -2.14. The molecule has 0 radical (unpaired) electrons. The number of hydrogen-bond donors (Lipinski definition) is 2. The monoisotopic (exact) mass is 471 g/mol. The highest BCUT2D eigenvalue weighted by molar-refractivity contribution is 14.0. The maximum Gasteiger partial charge on any atom is 0.191 e. The quantitative estimate of drug-likeness (QED) is 0.242. The molecule has 144 valence electrons. The van der Waals surface area contributed by atoms with Gasteiger partial charge in [-0.1, -0.05) is 31.5 Å². The minimum Gasteiger partial charge on any atom is -0.381 e. The molecule has 0 aliphatic carbocycles. The normalized spacial score (nSPS) is 11.1. The molecule has 0 unspecified atom stereocenters. The van der Waals surface area contributed by atoms with Gasteiger partial charge < -0.3 is 19.9 Å². The van der Waals surface area contributed by atoms with Crippen LogP contribution in [0.15, 0.2) is 48.0 Å². The van der Waals surface area contributed by atoms with E-state index in [-0.39, 0.29) is 24.0 Å². The number of para-hydroxylation sites is 1. The molecule has 2 rings (SSSR count). The van der Waals surface area contributed by atoms with Crippen LogP contribution < -0.4 is 10.6 Å². The summed E-state index contributed by atoms with van der Waals surface area (Å²) >= 11 is 0. The average Bonchev–Trinajstić information content (AvgIpc) is 3.18. The zero-order valence-electron chi connectivity index (χ0n) is 15.6. The van der Waals surface area contributed by atoms with Crippen molar-refractivity contribution in [2.75, 3.05) is 26.8 Å². The molecule has 26 heavy (non-hydrogen) atoms. The van der Waals surface area contributed by atoms with Crippen molar-refractivity contribution < 1.29 is 4.74 Å². The fraction of sp³-hybridized carbons (Fsp3) is 0.474. The van der Waals surface area contributed by atoms with E-state index >= 15 is 0 Å². The molecule has 0 aliphatic heterocycles. The SMILES string of the molecule is CCCCOCCCNC(=NC)NCc1ccccc1-n1ccnc1.I. The number of nitrogens with zero attached hydrogens (tertiary/aromatic N) is 3. The van der Waals surface area contributed by atoms with E-state index in [0.29, 0.717) is 6.54 Å². The second-order valence-corrected chi connectivity index (χ2v) is 5.77. The van der Waals surface area contributed by atoms with Crippen molar-refractivity contribution in [1.29, 1.82) is 0 Å². The Balaban J connectivity index is 0.00000338. The second-order valence-electron chi connectivity index (χ2n) is 5.77. The van der Waals surface area contributed by atoms with E-state index in [9.17, 15) is 0 Å². The third kappa shape index (κ3) is 7.74. The summed E-state index contributed by atoms with van der Waals surface area (Å²) in [6, 6.07) is 8.27. The Morgan fingerprint density at radius 1 is 1.19 bits per heavy atom. The topological polar surface area (TPSA) is 63.5 Å². The molecule has 0 bridgehead atoms. The minimum atomic E-state index is 0. The van der Waals surface area contributed by atoms with Crippen LogP contribution in [0.25, 0.3) is 5.69 Å². The average molecular weight is 471 g/mol. The number of halogens is 1. The number of unbranched alkanes of at least 4 members (excludes halogenated alkanes) is 1. The largest absolute Gasteiger partial charge is 0.381 e. The van der Waals surface area contributed by atoms with Crippen molar-refractivity contribution in [3.05, 3.63) is 48.5 Å². The number of imidazole rings is 1. The molecule has 0 saturated carbocycles.